The molecular weight excluding hydrogens is 290 g/mol. The predicted molar refractivity (Wildman–Crippen MR) is 81.3 cm³/mol. The van der Waals surface area contributed by atoms with E-state index < -0.39 is 22.2 Å². The Morgan fingerprint density at radius 2 is 1.76 bits per heavy atom. The summed E-state index contributed by atoms with van der Waals surface area (Å²) in [6.07, 6.45) is 2.90. The van der Waals surface area contributed by atoms with Crippen molar-refractivity contribution in [1.82, 2.24) is 4.72 Å². The maximum Gasteiger partial charge on any atom is 0.303 e. The smallest absolute Gasteiger partial charge is 0.303 e. The van der Waals surface area contributed by atoms with Gasteiger partial charge in [-0.2, -0.15) is 0 Å². The van der Waals surface area contributed by atoms with Gasteiger partial charge in [-0.25, -0.2) is 13.1 Å². The van der Waals surface area contributed by atoms with E-state index in [2.05, 4.69) is 4.72 Å². The Kier molecular flexibility index (Phi) is 6.11. The number of carbonyl (C=O) groups excluding carboxylic acids is 1. The molecule has 0 saturated carbocycles. The molecule has 2 atom stereocenters. The van der Waals surface area contributed by atoms with E-state index in [4.69, 9.17) is 4.74 Å². The first kappa shape index (κ1) is 17.4. The van der Waals surface area contributed by atoms with Crippen molar-refractivity contribution in [3.05, 3.63) is 42.0 Å². The van der Waals surface area contributed by atoms with E-state index in [9.17, 15) is 13.2 Å². The van der Waals surface area contributed by atoms with Gasteiger partial charge in [0.25, 0.3) is 0 Å². The molecule has 0 unspecified atom stereocenters. The Morgan fingerprint density at radius 1 is 1.19 bits per heavy atom. The molecule has 116 valence electrons. The molecule has 21 heavy (non-hydrogen) atoms. The summed E-state index contributed by atoms with van der Waals surface area (Å²) >= 11 is 0. The molecule has 0 spiro atoms. The number of rotatable bonds is 6. The van der Waals surface area contributed by atoms with Crippen molar-refractivity contribution >= 4 is 16.0 Å². The van der Waals surface area contributed by atoms with Crippen LogP contribution in [0.15, 0.2) is 41.3 Å². The van der Waals surface area contributed by atoms with Gasteiger partial charge in [-0.1, -0.05) is 23.8 Å². The SMILES string of the molecule is CC(=O)O[C@@H](C)/C=C/[C@@H](C)NS(=O)(=O)c1ccc(C)cc1. The number of nitrogens with one attached hydrogen (secondary N) is 1. The van der Waals surface area contributed by atoms with E-state index >= 15 is 0 Å². The highest BCUT2D eigenvalue weighted by atomic mass is 32.2. The lowest BCUT2D eigenvalue weighted by Crippen LogP contribution is -2.31. The minimum atomic E-state index is -3.56. The third kappa shape index (κ3) is 6.10. The maximum atomic E-state index is 12.1. The lowest BCUT2D eigenvalue weighted by Gasteiger charge is -2.12. The van der Waals surface area contributed by atoms with Gasteiger partial charge in [0, 0.05) is 13.0 Å². The second kappa shape index (κ2) is 7.38. The van der Waals surface area contributed by atoms with Crippen LogP contribution in [0.1, 0.15) is 26.3 Å². The molecular formula is C15H21NO4S. The fourth-order valence-electron chi connectivity index (χ4n) is 1.69. The van der Waals surface area contributed by atoms with Gasteiger partial charge < -0.3 is 4.74 Å². The summed E-state index contributed by atoms with van der Waals surface area (Å²) in [4.78, 5) is 11.0. The summed E-state index contributed by atoms with van der Waals surface area (Å²) in [5.74, 6) is -0.375. The van der Waals surface area contributed by atoms with Crippen molar-refractivity contribution in [2.75, 3.05) is 0 Å². The molecule has 0 fully saturated rings. The first-order chi connectivity index (χ1) is 9.70. The number of aryl methyl sites for hydroxylation is 1. The first-order valence-electron chi connectivity index (χ1n) is 6.65. The molecule has 0 aromatic heterocycles. The number of benzene rings is 1. The summed E-state index contributed by atoms with van der Waals surface area (Å²) in [6.45, 7) is 6.64. The third-order valence-corrected chi connectivity index (χ3v) is 4.27. The van der Waals surface area contributed by atoms with Crippen molar-refractivity contribution in [2.24, 2.45) is 0 Å². The molecule has 1 aromatic rings. The van der Waals surface area contributed by atoms with Crippen molar-refractivity contribution in [2.45, 2.75) is 44.7 Å². The molecule has 0 bridgehead atoms. The number of esters is 1. The van der Waals surface area contributed by atoms with Crippen molar-refractivity contribution < 1.29 is 17.9 Å². The molecule has 0 saturated heterocycles. The number of carbonyl (C=O) groups is 1. The monoisotopic (exact) mass is 311 g/mol. The Balaban J connectivity index is 2.69. The van der Waals surface area contributed by atoms with Gasteiger partial charge in [-0.15, -0.1) is 0 Å². The van der Waals surface area contributed by atoms with Gasteiger partial charge in [0.2, 0.25) is 10.0 Å². The van der Waals surface area contributed by atoms with Crippen LogP contribution >= 0.6 is 0 Å². The maximum absolute atomic E-state index is 12.1. The normalized spacial score (nSPS) is 14.9. The largest absolute Gasteiger partial charge is 0.459 e. The molecule has 1 rings (SSSR count). The summed E-state index contributed by atoms with van der Waals surface area (Å²) in [5, 5.41) is 0. The Bertz CT molecular complexity index is 605. The van der Waals surface area contributed by atoms with E-state index in [0.717, 1.165) is 5.56 Å². The molecule has 0 aliphatic heterocycles. The van der Waals surface area contributed by atoms with Crippen LogP contribution in [0, 0.1) is 6.92 Å². The fourth-order valence-corrected chi connectivity index (χ4v) is 2.89. The second-order valence-corrected chi connectivity index (χ2v) is 6.64. The molecule has 1 N–H and O–H groups in total. The highest BCUT2D eigenvalue weighted by Gasteiger charge is 2.15. The molecule has 5 nitrogen and oxygen atoms in total. The van der Waals surface area contributed by atoms with Gasteiger partial charge in [-0.05, 0) is 39.0 Å². The Morgan fingerprint density at radius 3 is 2.29 bits per heavy atom. The van der Waals surface area contributed by atoms with Gasteiger partial charge in [0.05, 0.1) is 4.90 Å². The van der Waals surface area contributed by atoms with E-state index in [1.807, 2.05) is 6.92 Å². The summed E-state index contributed by atoms with van der Waals surface area (Å²) in [7, 11) is -3.56. The number of ether oxygens (including phenoxy) is 1. The highest BCUT2D eigenvalue weighted by molar-refractivity contribution is 7.89. The molecule has 0 aliphatic rings. The lowest BCUT2D eigenvalue weighted by molar-refractivity contribution is -0.143. The van der Waals surface area contributed by atoms with Crippen LogP contribution in [0.2, 0.25) is 0 Å². The topological polar surface area (TPSA) is 72.5 Å². The number of hydrogen-bond donors (Lipinski definition) is 1. The summed E-state index contributed by atoms with van der Waals surface area (Å²) in [5.41, 5.74) is 0.997. The molecule has 0 heterocycles. The van der Waals surface area contributed by atoms with Crippen LogP contribution in [-0.4, -0.2) is 26.5 Å². The molecule has 0 radical (unpaired) electrons. The lowest BCUT2D eigenvalue weighted by atomic mass is 10.2. The molecule has 6 heteroatoms. The van der Waals surface area contributed by atoms with Crippen molar-refractivity contribution in [3.63, 3.8) is 0 Å². The third-order valence-electron chi connectivity index (χ3n) is 2.69. The quantitative estimate of drug-likeness (QED) is 0.645. The van der Waals surface area contributed by atoms with E-state index in [1.165, 1.54) is 6.92 Å². The van der Waals surface area contributed by atoms with Gasteiger partial charge in [-0.3, -0.25) is 4.79 Å². The second-order valence-electron chi connectivity index (χ2n) is 4.92. The van der Waals surface area contributed by atoms with E-state index in [0.29, 0.717) is 0 Å². The van der Waals surface area contributed by atoms with Gasteiger partial charge in [0.15, 0.2) is 0 Å². The fraction of sp³-hybridized carbons (Fsp3) is 0.400. The molecule has 0 amide bonds. The molecule has 1 aromatic carbocycles. The minimum absolute atomic E-state index is 0.224. The van der Waals surface area contributed by atoms with Gasteiger partial charge in [0.1, 0.15) is 6.10 Å². The van der Waals surface area contributed by atoms with Gasteiger partial charge >= 0.3 is 5.97 Å². The Labute approximate surface area is 126 Å². The standard InChI is InChI=1S/C15H21NO4S/c1-11-5-9-15(10-6-11)21(18,19)16-12(2)7-8-13(3)20-14(4)17/h5-10,12-13,16H,1-4H3/b8-7+/t12-,13+/m1/s1. The highest BCUT2D eigenvalue weighted by Crippen LogP contribution is 2.10. The zero-order valence-corrected chi connectivity index (χ0v) is 13.5. The summed E-state index contributed by atoms with van der Waals surface area (Å²) < 4.78 is 31.8. The zero-order chi connectivity index (χ0) is 16.0. The van der Waals surface area contributed by atoms with Crippen LogP contribution in [0.5, 0.6) is 0 Å². The van der Waals surface area contributed by atoms with Crippen LogP contribution in [-0.2, 0) is 19.6 Å². The van der Waals surface area contributed by atoms with Crippen LogP contribution < -0.4 is 4.72 Å². The average Bonchev–Trinajstić information content (AvgIpc) is 2.35. The van der Waals surface area contributed by atoms with E-state index in [1.54, 1.807) is 50.3 Å². The summed E-state index contributed by atoms with van der Waals surface area (Å²) in [6, 6.07) is 6.22. The van der Waals surface area contributed by atoms with Crippen molar-refractivity contribution in [3.8, 4) is 0 Å². The predicted octanol–water partition coefficient (Wildman–Crippen LogP) is 2.17. The number of sulfonamides is 1. The van der Waals surface area contributed by atoms with E-state index in [-0.39, 0.29) is 10.9 Å². The molecule has 0 aliphatic carbocycles. The van der Waals surface area contributed by atoms with Crippen LogP contribution in [0.3, 0.4) is 0 Å². The van der Waals surface area contributed by atoms with Crippen LogP contribution in [0.25, 0.3) is 0 Å². The Hall–Kier alpha value is -1.66. The minimum Gasteiger partial charge on any atom is -0.459 e. The average molecular weight is 311 g/mol. The van der Waals surface area contributed by atoms with Crippen molar-refractivity contribution in [1.29, 1.82) is 0 Å². The zero-order valence-electron chi connectivity index (χ0n) is 12.7. The number of hydrogen-bond acceptors (Lipinski definition) is 4. The first-order valence-corrected chi connectivity index (χ1v) is 8.13. The van der Waals surface area contributed by atoms with Crippen LogP contribution in [0.4, 0.5) is 0 Å².